The lowest BCUT2D eigenvalue weighted by Crippen LogP contribution is -2.44. The van der Waals surface area contributed by atoms with Crippen LogP contribution in [0.4, 0.5) is 0 Å². The van der Waals surface area contributed by atoms with Gasteiger partial charge in [-0.15, -0.1) is 0 Å². The molecule has 0 aliphatic heterocycles. The number of rotatable bonds is 7. The summed E-state index contributed by atoms with van der Waals surface area (Å²) in [7, 11) is -2.37. The number of ether oxygens (including phenoxy) is 1. The lowest BCUT2D eigenvalue weighted by molar-refractivity contribution is -0.122. The zero-order valence-corrected chi connectivity index (χ0v) is 17.5. The molecule has 27 heavy (non-hydrogen) atoms. The lowest BCUT2D eigenvalue weighted by Gasteiger charge is -2.24. The van der Waals surface area contributed by atoms with Crippen LogP contribution < -0.4 is 10.1 Å². The summed E-state index contributed by atoms with van der Waals surface area (Å²) in [6.07, 6.45) is 7.83. The van der Waals surface area contributed by atoms with Gasteiger partial charge < -0.3 is 10.1 Å². The molecule has 0 heterocycles. The van der Waals surface area contributed by atoms with Gasteiger partial charge in [-0.05, 0) is 37.5 Å². The van der Waals surface area contributed by atoms with Crippen LogP contribution in [0.5, 0.6) is 5.75 Å². The molecule has 0 spiro atoms. The number of carbonyl (C=O) groups excluding carboxylic acids is 1. The first kappa shape index (κ1) is 21.7. The van der Waals surface area contributed by atoms with Gasteiger partial charge in [0.05, 0.1) is 13.7 Å². The number of benzene rings is 1. The quantitative estimate of drug-likeness (QED) is 0.768. The average Bonchev–Trinajstić information content (AvgIpc) is 2.61. The van der Waals surface area contributed by atoms with Crippen molar-refractivity contribution >= 4 is 15.9 Å². The van der Waals surface area contributed by atoms with Crippen LogP contribution in [0.3, 0.4) is 0 Å². The van der Waals surface area contributed by atoms with Gasteiger partial charge in [-0.3, -0.25) is 4.79 Å². The van der Waals surface area contributed by atoms with Gasteiger partial charge >= 0.3 is 0 Å². The van der Waals surface area contributed by atoms with E-state index in [1.165, 1.54) is 30.7 Å². The first-order chi connectivity index (χ1) is 12.9. The first-order valence-electron chi connectivity index (χ1n) is 9.82. The molecule has 0 aromatic heterocycles. The van der Waals surface area contributed by atoms with Gasteiger partial charge in [-0.1, -0.05) is 45.1 Å². The molecule has 1 aromatic carbocycles. The molecular formula is C20H32N2O4S. The number of hydrogen-bond donors (Lipinski definition) is 1. The Bertz CT molecular complexity index is 725. The van der Waals surface area contributed by atoms with Gasteiger partial charge in [0.15, 0.2) is 0 Å². The van der Waals surface area contributed by atoms with Crippen molar-refractivity contribution in [3.8, 4) is 5.75 Å². The number of amides is 1. The second kappa shape index (κ2) is 10.1. The van der Waals surface area contributed by atoms with Crippen molar-refractivity contribution in [1.82, 2.24) is 9.62 Å². The van der Waals surface area contributed by atoms with Crippen LogP contribution in [0.2, 0.25) is 0 Å². The summed E-state index contributed by atoms with van der Waals surface area (Å²) in [5, 5.41) is 3.04. The van der Waals surface area contributed by atoms with Crippen molar-refractivity contribution in [2.75, 3.05) is 20.2 Å². The van der Waals surface area contributed by atoms with Crippen molar-refractivity contribution in [2.24, 2.45) is 0 Å². The van der Waals surface area contributed by atoms with Crippen molar-refractivity contribution in [2.45, 2.75) is 69.7 Å². The minimum absolute atomic E-state index is 0.102. The fourth-order valence-corrected chi connectivity index (χ4v) is 5.17. The van der Waals surface area contributed by atoms with Crippen molar-refractivity contribution in [1.29, 1.82) is 0 Å². The number of hydrogen-bond acceptors (Lipinski definition) is 4. The second-order valence-corrected chi connectivity index (χ2v) is 9.10. The summed E-state index contributed by atoms with van der Waals surface area (Å²) in [5.74, 6) is 0.0529. The summed E-state index contributed by atoms with van der Waals surface area (Å²) in [6.45, 7) is 3.61. The number of nitrogens with one attached hydrogen (secondary N) is 1. The highest BCUT2D eigenvalue weighted by atomic mass is 32.2. The van der Waals surface area contributed by atoms with Crippen LogP contribution >= 0.6 is 0 Å². The average molecular weight is 397 g/mol. The van der Waals surface area contributed by atoms with Crippen LogP contribution in [-0.2, 0) is 14.8 Å². The zero-order chi connectivity index (χ0) is 19.9. The summed E-state index contributed by atoms with van der Waals surface area (Å²) in [5.41, 5.74) is 0.824. The van der Waals surface area contributed by atoms with Crippen LogP contribution in [0, 0.1) is 6.92 Å². The van der Waals surface area contributed by atoms with E-state index in [0.29, 0.717) is 5.75 Å². The fourth-order valence-electron chi connectivity index (χ4n) is 3.53. The third-order valence-electron chi connectivity index (χ3n) is 5.08. The van der Waals surface area contributed by atoms with Gasteiger partial charge in [0.1, 0.15) is 10.6 Å². The lowest BCUT2D eigenvalue weighted by atomic mass is 9.97. The molecule has 1 aliphatic carbocycles. The molecule has 152 valence electrons. The molecule has 0 unspecified atom stereocenters. The molecule has 0 radical (unpaired) electrons. The third kappa shape index (κ3) is 5.94. The number of sulfonamides is 1. The molecule has 6 nitrogen and oxygen atoms in total. The molecule has 0 atom stereocenters. The predicted molar refractivity (Wildman–Crippen MR) is 106 cm³/mol. The first-order valence-corrected chi connectivity index (χ1v) is 11.3. The number of likely N-dealkylation sites (N-methyl/N-ethyl adjacent to an activating group) is 1. The Morgan fingerprint density at radius 2 is 1.81 bits per heavy atom. The SMILES string of the molecule is CCN(CC(=O)NC1CCCCCCC1)S(=O)(=O)c1cc(C)ccc1OC. The molecule has 0 bridgehead atoms. The maximum absolute atomic E-state index is 13.1. The maximum atomic E-state index is 13.1. The Balaban J connectivity index is 2.10. The molecule has 0 saturated heterocycles. The Morgan fingerprint density at radius 1 is 1.19 bits per heavy atom. The highest BCUT2D eigenvalue weighted by Crippen LogP contribution is 2.27. The summed E-state index contributed by atoms with van der Waals surface area (Å²) in [4.78, 5) is 12.6. The van der Waals surface area contributed by atoms with Crippen LogP contribution in [0.15, 0.2) is 23.1 Å². The van der Waals surface area contributed by atoms with Crippen LogP contribution in [0.1, 0.15) is 57.4 Å². The third-order valence-corrected chi connectivity index (χ3v) is 7.02. The Morgan fingerprint density at radius 3 is 2.41 bits per heavy atom. The van der Waals surface area contributed by atoms with E-state index < -0.39 is 10.0 Å². The van der Waals surface area contributed by atoms with E-state index in [9.17, 15) is 13.2 Å². The Labute approximate surface area is 163 Å². The predicted octanol–water partition coefficient (Wildman–Crippen LogP) is 3.24. The molecule has 1 fully saturated rings. The minimum Gasteiger partial charge on any atom is -0.495 e. The molecule has 1 saturated carbocycles. The summed E-state index contributed by atoms with van der Waals surface area (Å²) < 4.78 is 32.6. The molecule has 1 N–H and O–H groups in total. The standard InChI is InChI=1S/C20H32N2O4S/c1-4-22(15-20(23)21-17-10-8-6-5-7-9-11-17)27(24,25)19-14-16(2)12-13-18(19)26-3/h12-14,17H,4-11,15H2,1-3H3,(H,21,23). The van der Waals surface area contributed by atoms with Gasteiger partial charge in [0.25, 0.3) is 0 Å². The highest BCUT2D eigenvalue weighted by molar-refractivity contribution is 7.89. The summed E-state index contributed by atoms with van der Waals surface area (Å²) >= 11 is 0. The largest absolute Gasteiger partial charge is 0.495 e. The van der Waals surface area contributed by atoms with E-state index in [-0.39, 0.29) is 29.9 Å². The van der Waals surface area contributed by atoms with Gasteiger partial charge in [-0.25, -0.2) is 8.42 Å². The zero-order valence-electron chi connectivity index (χ0n) is 16.7. The molecule has 1 aromatic rings. The van der Waals surface area contributed by atoms with Crippen molar-refractivity contribution in [3.05, 3.63) is 23.8 Å². The smallest absolute Gasteiger partial charge is 0.247 e. The molecular weight excluding hydrogens is 364 g/mol. The number of aryl methyl sites for hydroxylation is 1. The van der Waals surface area contributed by atoms with Crippen molar-refractivity contribution < 1.29 is 17.9 Å². The molecule has 1 amide bonds. The fraction of sp³-hybridized carbons (Fsp3) is 0.650. The molecule has 1 aliphatic rings. The van der Waals surface area contributed by atoms with Crippen LogP contribution in [-0.4, -0.2) is 44.9 Å². The van der Waals surface area contributed by atoms with Crippen molar-refractivity contribution in [3.63, 3.8) is 0 Å². The normalized spacial score (nSPS) is 16.6. The van der Waals surface area contributed by atoms with E-state index in [1.54, 1.807) is 25.1 Å². The topological polar surface area (TPSA) is 75.7 Å². The Hall–Kier alpha value is -1.60. The van der Waals surface area contributed by atoms with E-state index in [1.807, 2.05) is 6.92 Å². The summed E-state index contributed by atoms with van der Waals surface area (Å²) in [6, 6.07) is 5.18. The number of nitrogens with zero attached hydrogens (tertiary/aromatic N) is 1. The minimum atomic E-state index is -3.82. The highest BCUT2D eigenvalue weighted by Gasteiger charge is 2.29. The maximum Gasteiger partial charge on any atom is 0.247 e. The van der Waals surface area contributed by atoms with Crippen LogP contribution in [0.25, 0.3) is 0 Å². The van der Waals surface area contributed by atoms with E-state index in [4.69, 9.17) is 4.74 Å². The van der Waals surface area contributed by atoms with E-state index in [2.05, 4.69) is 5.32 Å². The molecule has 7 heteroatoms. The van der Waals surface area contributed by atoms with E-state index in [0.717, 1.165) is 31.2 Å². The van der Waals surface area contributed by atoms with Gasteiger partial charge in [-0.2, -0.15) is 4.31 Å². The van der Waals surface area contributed by atoms with E-state index >= 15 is 0 Å². The number of carbonyl (C=O) groups is 1. The number of methoxy groups -OCH3 is 1. The van der Waals surface area contributed by atoms with Gasteiger partial charge in [0, 0.05) is 12.6 Å². The molecule has 2 rings (SSSR count). The van der Waals surface area contributed by atoms with Gasteiger partial charge in [0.2, 0.25) is 15.9 Å². The monoisotopic (exact) mass is 396 g/mol. The second-order valence-electron chi connectivity index (χ2n) is 7.20. The Kier molecular flexibility index (Phi) is 8.10.